The molecule has 1 heterocycles. The van der Waals surface area contributed by atoms with E-state index in [4.69, 9.17) is 26.8 Å². The fourth-order valence-corrected chi connectivity index (χ4v) is 3.81. The third kappa shape index (κ3) is 4.71. The van der Waals surface area contributed by atoms with Gasteiger partial charge in [0.15, 0.2) is 11.5 Å². The molecule has 0 radical (unpaired) electrons. The van der Waals surface area contributed by atoms with Crippen LogP contribution in [0.25, 0.3) is 6.08 Å². The van der Waals surface area contributed by atoms with Crippen molar-refractivity contribution in [3.05, 3.63) is 64.6 Å². The van der Waals surface area contributed by atoms with E-state index in [1.165, 1.54) is 0 Å². The maximum Gasteiger partial charge on any atom is 0.323 e. The maximum atomic E-state index is 12.4. The van der Waals surface area contributed by atoms with E-state index in [9.17, 15) is 9.59 Å². The van der Waals surface area contributed by atoms with Crippen molar-refractivity contribution >= 4 is 46.3 Å². The molecule has 6 nitrogen and oxygen atoms in total. The predicted octanol–water partition coefficient (Wildman–Crippen LogP) is 3.56. The van der Waals surface area contributed by atoms with Crippen molar-refractivity contribution in [2.45, 2.75) is 6.61 Å². The molecule has 2 aromatic carbocycles. The van der Waals surface area contributed by atoms with Gasteiger partial charge in [-0.2, -0.15) is 0 Å². The molecule has 0 saturated carbocycles. The number of thiocarbonyl (C=S) groups is 1. The number of carbonyl (C=O) groups excluding carboxylic acids is 1. The zero-order valence-corrected chi connectivity index (χ0v) is 16.6. The second-order valence-corrected chi connectivity index (χ2v) is 7.52. The summed E-state index contributed by atoms with van der Waals surface area (Å²) in [5.41, 5.74) is 1.74. The minimum atomic E-state index is -1.11. The van der Waals surface area contributed by atoms with Crippen molar-refractivity contribution in [3.63, 3.8) is 0 Å². The summed E-state index contributed by atoms with van der Waals surface area (Å²) in [5.74, 6) is -0.411. The number of aliphatic carboxylic acids is 1. The molecule has 28 heavy (non-hydrogen) atoms. The van der Waals surface area contributed by atoms with Crippen LogP contribution in [0.5, 0.6) is 11.5 Å². The lowest BCUT2D eigenvalue weighted by Crippen LogP contribution is -2.33. The molecule has 0 bridgehead atoms. The SMILES string of the molecule is COc1ccc(C=C2SC(=S)N(CC(=O)O)C2=O)cc1OCc1ccccc1. The highest BCUT2D eigenvalue weighted by atomic mass is 32.2. The zero-order chi connectivity index (χ0) is 20.1. The van der Waals surface area contributed by atoms with Crippen LogP contribution >= 0.6 is 24.0 Å². The van der Waals surface area contributed by atoms with Crippen LogP contribution < -0.4 is 9.47 Å². The number of amides is 1. The Bertz CT molecular complexity index is 943. The average molecular weight is 415 g/mol. The van der Waals surface area contributed by atoms with Crippen molar-refractivity contribution in [1.82, 2.24) is 4.90 Å². The van der Waals surface area contributed by atoms with E-state index in [2.05, 4.69) is 0 Å². The fourth-order valence-electron chi connectivity index (χ4n) is 2.55. The summed E-state index contributed by atoms with van der Waals surface area (Å²) in [6, 6.07) is 15.0. The quantitative estimate of drug-likeness (QED) is 0.547. The highest BCUT2D eigenvalue weighted by Crippen LogP contribution is 2.34. The van der Waals surface area contributed by atoms with Gasteiger partial charge in [-0.3, -0.25) is 14.5 Å². The van der Waals surface area contributed by atoms with Gasteiger partial charge in [-0.25, -0.2) is 0 Å². The first-order chi connectivity index (χ1) is 13.5. The number of thioether (sulfide) groups is 1. The van der Waals surface area contributed by atoms with E-state index in [0.29, 0.717) is 23.0 Å². The molecule has 0 spiro atoms. The van der Waals surface area contributed by atoms with Crippen LogP contribution in [-0.4, -0.2) is 39.9 Å². The van der Waals surface area contributed by atoms with Crippen molar-refractivity contribution in [2.75, 3.05) is 13.7 Å². The fraction of sp³-hybridized carbons (Fsp3) is 0.150. The number of carboxylic acid groups (broad SMARTS) is 1. The largest absolute Gasteiger partial charge is 0.493 e. The average Bonchev–Trinajstić information content (AvgIpc) is 2.94. The molecule has 0 aliphatic carbocycles. The van der Waals surface area contributed by atoms with Gasteiger partial charge in [-0.05, 0) is 29.3 Å². The monoisotopic (exact) mass is 415 g/mol. The highest BCUT2D eigenvalue weighted by molar-refractivity contribution is 8.26. The van der Waals surface area contributed by atoms with Crippen LogP contribution in [0.4, 0.5) is 0 Å². The number of nitrogens with zero attached hydrogens (tertiary/aromatic N) is 1. The molecule has 1 fully saturated rings. The van der Waals surface area contributed by atoms with E-state index in [1.54, 1.807) is 31.4 Å². The predicted molar refractivity (Wildman–Crippen MR) is 111 cm³/mol. The summed E-state index contributed by atoms with van der Waals surface area (Å²) in [6.07, 6.45) is 1.66. The first-order valence-corrected chi connectivity index (χ1v) is 9.52. The van der Waals surface area contributed by atoms with Gasteiger partial charge in [0, 0.05) is 0 Å². The maximum absolute atomic E-state index is 12.4. The number of methoxy groups -OCH3 is 1. The number of carbonyl (C=O) groups is 2. The Morgan fingerprint density at radius 3 is 2.64 bits per heavy atom. The molecule has 0 atom stereocenters. The number of hydrogen-bond donors (Lipinski definition) is 1. The number of benzene rings is 2. The molecule has 0 aromatic heterocycles. The smallest absolute Gasteiger partial charge is 0.323 e. The molecule has 1 aliphatic rings. The summed E-state index contributed by atoms with van der Waals surface area (Å²) in [4.78, 5) is 24.7. The summed E-state index contributed by atoms with van der Waals surface area (Å²) >= 11 is 6.19. The van der Waals surface area contributed by atoms with E-state index < -0.39 is 18.4 Å². The number of hydrogen-bond acceptors (Lipinski definition) is 6. The van der Waals surface area contributed by atoms with Crippen LogP contribution in [0, 0.1) is 0 Å². The van der Waals surface area contributed by atoms with Crippen LogP contribution in [-0.2, 0) is 16.2 Å². The van der Waals surface area contributed by atoms with Crippen LogP contribution in [0.1, 0.15) is 11.1 Å². The van der Waals surface area contributed by atoms with E-state index in [-0.39, 0.29) is 4.32 Å². The molecule has 0 unspecified atom stereocenters. The molecule has 1 saturated heterocycles. The molecule has 1 N–H and O–H groups in total. The first-order valence-electron chi connectivity index (χ1n) is 8.30. The van der Waals surface area contributed by atoms with Crippen molar-refractivity contribution in [3.8, 4) is 11.5 Å². The molecule has 3 rings (SSSR count). The molecular weight excluding hydrogens is 398 g/mol. The lowest BCUT2D eigenvalue weighted by Gasteiger charge is -2.12. The molecule has 2 aromatic rings. The van der Waals surface area contributed by atoms with Crippen molar-refractivity contribution in [1.29, 1.82) is 0 Å². The highest BCUT2D eigenvalue weighted by Gasteiger charge is 2.33. The Kier molecular flexibility index (Phi) is 6.33. The summed E-state index contributed by atoms with van der Waals surface area (Å²) in [6.45, 7) is -0.0720. The summed E-state index contributed by atoms with van der Waals surface area (Å²) in [5, 5.41) is 8.92. The van der Waals surface area contributed by atoms with Crippen LogP contribution in [0.3, 0.4) is 0 Å². The number of rotatable bonds is 7. The minimum absolute atomic E-state index is 0.229. The van der Waals surface area contributed by atoms with Gasteiger partial charge >= 0.3 is 5.97 Å². The molecular formula is C20H17NO5S2. The molecule has 1 aliphatic heterocycles. The van der Waals surface area contributed by atoms with Crippen molar-refractivity contribution < 1.29 is 24.2 Å². The Morgan fingerprint density at radius 1 is 1.21 bits per heavy atom. The molecule has 8 heteroatoms. The molecule has 1 amide bonds. The van der Waals surface area contributed by atoms with Gasteiger partial charge in [-0.1, -0.05) is 60.4 Å². The van der Waals surface area contributed by atoms with Gasteiger partial charge < -0.3 is 14.6 Å². The van der Waals surface area contributed by atoms with E-state index in [0.717, 1.165) is 27.8 Å². The second kappa shape index (κ2) is 8.90. The Balaban J connectivity index is 1.81. The summed E-state index contributed by atoms with van der Waals surface area (Å²) in [7, 11) is 1.56. The third-order valence-electron chi connectivity index (χ3n) is 3.89. The van der Waals surface area contributed by atoms with Gasteiger partial charge in [0.25, 0.3) is 5.91 Å². The van der Waals surface area contributed by atoms with Crippen LogP contribution in [0.15, 0.2) is 53.4 Å². The zero-order valence-electron chi connectivity index (χ0n) is 15.0. The lowest BCUT2D eigenvalue weighted by atomic mass is 10.1. The number of ether oxygens (including phenoxy) is 2. The van der Waals surface area contributed by atoms with Crippen LogP contribution in [0.2, 0.25) is 0 Å². The Hall–Kier alpha value is -2.84. The summed E-state index contributed by atoms with van der Waals surface area (Å²) < 4.78 is 11.5. The van der Waals surface area contributed by atoms with Gasteiger partial charge in [0.05, 0.1) is 12.0 Å². The normalized spacial score (nSPS) is 15.2. The van der Waals surface area contributed by atoms with Gasteiger partial charge in [0.1, 0.15) is 17.5 Å². The molecule has 144 valence electrons. The van der Waals surface area contributed by atoms with E-state index in [1.807, 2.05) is 30.3 Å². The second-order valence-electron chi connectivity index (χ2n) is 5.85. The minimum Gasteiger partial charge on any atom is -0.493 e. The van der Waals surface area contributed by atoms with Gasteiger partial charge in [0.2, 0.25) is 0 Å². The van der Waals surface area contributed by atoms with E-state index >= 15 is 0 Å². The lowest BCUT2D eigenvalue weighted by molar-refractivity contribution is -0.140. The number of carboxylic acids is 1. The van der Waals surface area contributed by atoms with Gasteiger partial charge in [-0.15, -0.1) is 0 Å². The topological polar surface area (TPSA) is 76.1 Å². The first kappa shape index (κ1) is 19.9. The Morgan fingerprint density at radius 2 is 1.96 bits per heavy atom. The standard InChI is InChI=1S/C20H17NO5S2/c1-25-15-8-7-14(9-16(15)26-12-13-5-3-2-4-6-13)10-17-19(24)21(11-18(22)23)20(27)28-17/h2-10H,11-12H2,1H3,(H,22,23). The Labute approximate surface area is 171 Å². The third-order valence-corrected chi connectivity index (χ3v) is 5.27. The van der Waals surface area contributed by atoms with Crippen molar-refractivity contribution in [2.24, 2.45) is 0 Å².